The van der Waals surface area contributed by atoms with Crippen molar-refractivity contribution in [3.8, 4) is 11.1 Å². The normalized spacial score (nSPS) is 13.9. The fourth-order valence-electron chi connectivity index (χ4n) is 2.10. The maximum Gasteiger partial charge on any atom is 0.0683 e. The minimum atomic E-state index is 1.06. The van der Waals surface area contributed by atoms with Gasteiger partial charge in [-0.3, -0.25) is 0 Å². The van der Waals surface area contributed by atoms with E-state index in [1.807, 2.05) is 11.8 Å². The minimum Gasteiger partial charge on any atom is -0.364 e. The Balaban J connectivity index is 2.05. The average molecular weight is 241 g/mol. The molecule has 0 spiro atoms. The van der Waals surface area contributed by atoms with Gasteiger partial charge < -0.3 is 4.90 Å². The van der Waals surface area contributed by atoms with Crippen molar-refractivity contribution in [1.82, 2.24) is 0 Å². The molecule has 1 nitrogen and oxygen atoms in total. The zero-order valence-corrected chi connectivity index (χ0v) is 10.9. The maximum absolute atomic E-state index is 2.30. The molecule has 0 unspecified atom stereocenters. The number of aryl methyl sites for hydroxylation is 1. The first kappa shape index (κ1) is 10.7. The number of rotatable bonds is 1. The Labute approximate surface area is 106 Å². The molecule has 2 aromatic rings. The van der Waals surface area contributed by atoms with Gasteiger partial charge in [0.05, 0.1) is 11.6 Å². The molecule has 3 rings (SSSR count). The van der Waals surface area contributed by atoms with Crippen LogP contribution in [0.4, 0.5) is 5.69 Å². The summed E-state index contributed by atoms with van der Waals surface area (Å²) in [5, 5.41) is 0. The molecule has 17 heavy (non-hydrogen) atoms. The highest BCUT2D eigenvalue weighted by molar-refractivity contribution is 7.99. The molecule has 0 aliphatic carbocycles. The van der Waals surface area contributed by atoms with Gasteiger partial charge in [-0.05, 0) is 30.2 Å². The topological polar surface area (TPSA) is 3.24 Å². The molecule has 0 N–H and O–H groups in total. The molecule has 2 heteroatoms. The van der Waals surface area contributed by atoms with Crippen LogP contribution >= 0.6 is 11.8 Å². The van der Waals surface area contributed by atoms with E-state index in [4.69, 9.17) is 0 Å². The van der Waals surface area contributed by atoms with E-state index in [-0.39, 0.29) is 0 Å². The zero-order valence-electron chi connectivity index (χ0n) is 10.1. The molecule has 86 valence electrons. The number of fused-ring (bicyclic) bond motifs is 1. The highest BCUT2D eigenvalue weighted by Crippen LogP contribution is 2.39. The Kier molecular flexibility index (Phi) is 2.60. The molecule has 1 aliphatic heterocycles. The van der Waals surface area contributed by atoms with E-state index < -0.39 is 0 Å². The van der Waals surface area contributed by atoms with Crippen LogP contribution in [0.15, 0.2) is 47.4 Å². The van der Waals surface area contributed by atoms with Gasteiger partial charge >= 0.3 is 0 Å². The first-order valence-electron chi connectivity index (χ1n) is 5.79. The van der Waals surface area contributed by atoms with E-state index in [2.05, 4.69) is 61.3 Å². The summed E-state index contributed by atoms with van der Waals surface area (Å²) in [5.74, 6) is 1.06. The number of thioether (sulfide) groups is 1. The second-order valence-electron chi connectivity index (χ2n) is 4.52. The van der Waals surface area contributed by atoms with Gasteiger partial charge in [-0.1, -0.05) is 35.9 Å². The monoisotopic (exact) mass is 241 g/mol. The van der Waals surface area contributed by atoms with Gasteiger partial charge in [0, 0.05) is 11.9 Å². The van der Waals surface area contributed by atoms with Gasteiger partial charge in [-0.25, -0.2) is 0 Å². The van der Waals surface area contributed by atoms with Crippen LogP contribution in [0.3, 0.4) is 0 Å². The first-order chi connectivity index (χ1) is 8.24. The van der Waals surface area contributed by atoms with Gasteiger partial charge in [-0.15, -0.1) is 11.8 Å². The van der Waals surface area contributed by atoms with Crippen molar-refractivity contribution in [2.45, 2.75) is 11.8 Å². The molecule has 0 radical (unpaired) electrons. The smallest absolute Gasteiger partial charge is 0.0683 e. The molecule has 0 bridgehead atoms. The Morgan fingerprint density at radius 2 is 1.71 bits per heavy atom. The van der Waals surface area contributed by atoms with Gasteiger partial charge in [0.1, 0.15) is 0 Å². The number of benzene rings is 2. The van der Waals surface area contributed by atoms with Crippen LogP contribution in [-0.4, -0.2) is 12.9 Å². The highest BCUT2D eigenvalue weighted by atomic mass is 32.2. The third kappa shape index (κ3) is 1.93. The summed E-state index contributed by atoms with van der Waals surface area (Å²) in [4.78, 5) is 3.70. The molecule has 1 heterocycles. The Bertz CT molecular complexity index is 545. The van der Waals surface area contributed by atoms with Crippen LogP contribution in [0.5, 0.6) is 0 Å². The van der Waals surface area contributed by atoms with Crippen molar-refractivity contribution in [3.63, 3.8) is 0 Å². The second kappa shape index (κ2) is 4.11. The molecule has 0 saturated heterocycles. The fourth-order valence-corrected chi connectivity index (χ4v) is 3.10. The molecule has 0 amide bonds. The number of nitrogens with zero attached hydrogens (tertiary/aromatic N) is 1. The SMILES string of the molecule is Cc1ccc(-c2ccc3c(c2)N(C)CS3)cc1. The van der Waals surface area contributed by atoms with Crippen LogP contribution in [0.1, 0.15) is 5.56 Å². The van der Waals surface area contributed by atoms with Crippen molar-refractivity contribution in [2.75, 3.05) is 17.8 Å². The molecule has 1 aliphatic rings. The number of hydrogen-bond acceptors (Lipinski definition) is 2. The summed E-state index contributed by atoms with van der Waals surface area (Å²) in [6, 6.07) is 15.5. The van der Waals surface area contributed by atoms with E-state index in [9.17, 15) is 0 Å². The van der Waals surface area contributed by atoms with E-state index in [1.165, 1.54) is 27.3 Å². The quantitative estimate of drug-likeness (QED) is 0.737. The van der Waals surface area contributed by atoms with Crippen LogP contribution in [0.25, 0.3) is 11.1 Å². The summed E-state index contributed by atoms with van der Waals surface area (Å²) < 4.78 is 0. The van der Waals surface area contributed by atoms with Crippen molar-refractivity contribution in [1.29, 1.82) is 0 Å². The molecule has 0 atom stereocenters. The Hall–Kier alpha value is -1.41. The summed E-state index contributed by atoms with van der Waals surface area (Å²) in [6.07, 6.45) is 0. The van der Waals surface area contributed by atoms with Gasteiger partial charge in [0.25, 0.3) is 0 Å². The highest BCUT2D eigenvalue weighted by Gasteiger charge is 2.16. The summed E-state index contributed by atoms with van der Waals surface area (Å²) in [6.45, 7) is 2.12. The predicted octanol–water partition coefficient (Wildman–Crippen LogP) is 4.16. The summed E-state index contributed by atoms with van der Waals surface area (Å²) in [5.41, 5.74) is 5.26. The fraction of sp³-hybridized carbons (Fsp3) is 0.200. The third-order valence-corrected chi connectivity index (χ3v) is 4.34. The van der Waals surface area contributed by atoms with Crippen LogP contribution in [0, 0.1) is 6.92 Å². The zero-order chi connectivity index (χ0) is 11.8. The van der Waals surface area contributed by atoms with E-state index in [1.54, 1.807) is 0 Å². The van der Waals surface area contributed by atoms with E-state index in [0.29, 0.717) is 0 Å². The van der Waals surface area contributed by atoms with Crippen molar-refractivity contribution >= 4 is 17.4 Å². The summed E-state index contributed by atoms with van der Waals surface area (Å²) in [7, 11) is 2.15. The van der Waals surface area contributed by atoms with Gasteiger partial charge in [0.15, 0.2) is 0 Å². The Morgan fingerprint density at radius 3 is 2.47 bits per heavy atom. The standard InChI is InChI=1S/C15H15NS/c1-11-3-5-12(6-4-11)13-7-8-15-14(9-13)16(2)10-17-15/h3-9H,10H2,1-2H3. The Morgan fingerprint density at radius 1 is 1.00 bits per heavy atom. The van der Waals surface area contributed by atoms with Gasteiger partial charge in [0.2, 0.25) is 0 Å². The van der Waals surface area contributed by atoms with Crippen LogP contribution in [-0.2, 0) is 0 Å². The second-order valence-corrected chi connectivity index (χ2v) is 5.51. The molecule has 0 fully saturated rings. The maximum atomic E-state index is 2.30. The van der Waals surface area contributed by atoms with Crippen LogP contribution < -0.4 is 4.90 Å². The molecule has 0 aromatic heterocycles. The lowest BCUT2D eigenvalue weighted by molar-refractivity contribution is 1.10. The van der Waals surface area contributed by atoms with Crippen LogP contribution in [0.2, 0.25) is 0 Å². The van der Waals surface area contributed by atoms with Crippen molar-refractivity contribution < 1.29 is 0 Å². The number of hydrogen-bond donors (Lipinski definition) is 0. The number of anilines is 1. The lowest BCUT2D eigenvalue weighted by Crippen LogP contribution is -2.10. The van der Waals surface area contributed by atoms with Crippen molar-refractivity contribution in [3.05, 3.63) is 48.0 Å². The van der Waals surface area contributed by atoms with Gasteiger partial charge in [-0.2, -0.15) is 0 Å². The van der Waals surface area contributed by atoms with Crippen molar-refractivity contribution in [2.24, 2.45) is 0 Å². The molecular weight excluding hydrogens is 226 g/mol. The lowest BCUT2D eigenvalue weighted by Gasteiger charge is -2.12. The molecule has 0 saturated carbocycles. The summed E-state index contributed by atoms with van der Waals surface area (Å²) >= 11 is 1.91. The third-order valence-electron chi connectivity index (χ3n) is 3.17. The van der Waals surface area contributed by atoms with E-state index >= 15 is 0 Å². The first-order valence-corrected chi connectivity index (χ1v) is 6.77. The molecule has 2 aromatic carbocycles. The average Bonchev–Trinajstić information content (AvgIpc) is 2.72. The van der Waals surface area contributed by atoms with E-state index in [0.717, 1.165) is 5.88 Å². The largest absolute Gasteiger partial charge is 0.364 e. The predicted molar refractivity (Wildman–Crippen MR) is 75.7 cm³/mol. The molecular formula is C15H15NS. The lowest BCUT2D eigenvalue weighted by atomic mass is 10.0. The minimum absolute atomic E-state index is 1.06.